The van der Waals surface area contributed by atoms with E-state index in [0.717, 1.165) is 17.7 Å². The SMILES string of the molecule is COC(=O)CC(C)c1ccc(OCCC(C)Oc2ccc(C(F)(F)F)cc2)cc1. The fraction of sp³-hybridized carbons (Fsp3) is 0.409. The minimum Gasteiger partial charge on any atom is -0.493 e. The van der Waals surface area contributed by atoms with Crippen LogP contribution in [0, 0.1) is 0 Å². The molecule has 2 aromatic rings. The smallest absolute Gasteiger partial charge is 0.416 e. The minimum absolute atomic E-state index is 0.0497. The molecule has 0 fully saturated rings. The van der Waals surface area contributed by atoms with Crippen molar-refractivity contribution >= 4 is 5.97 Å². The van der Waals surface area contributed by atoms with Gasteiger partial charge in [-0.25, -0.2) is 0 Å². The van der Waals surface area contributed by atoms with Crippen molar-refractivity contribution in [3.63, 3.8) is 0 Å². The average molecular weight is 410 g/mol. The van der Waals surface area contributed by atoms with Gasteiger partial charge in [0, 0.05) is 6.42 Å². The van der Waals surface area contributed by atoms with Crippen LogP contribution in [0.3, 0.4) is 0 Å². The van der Waals surface area contributed by atoms with E-state index in [4.69, 9.17) is 9.47 Å². The normalized spacial score (nSPS) is 13.4. The summed E-state index contributed by atoms with van der Waals surface area (Å²) in [5.41, 5.74) is 0.312. The third kappa shape index (κ3) is 7.33. The number of halogens is 3. The maximum Gasteiger partial charge on any atom is 0.416 e. The number of benzene rings is 2. The van der Waals surface area contributed by atoms with Gasteiger partial charge in [-0.15, -0.1) is 0 Å². The van der Waals surface area contributed by atoms with Crippen LogP contribution < -0.4 is 9.47 Å². The van der Waals surface area contributed by atoms with Gasteiger partial charge in [0.1, 0.15) is 11.5 Å². The van der Waals surface area contributed by atoms with Gasteiger partial charge in [-0.2, -0.15) is 13.2 Å². The average Bonchev–Trinajstić information content (AvgIpc) is 2.68. The van der Waals surface area contributed by atoms with Crippen LogP contribution in [0.25, 0.3) is 0 Å². The Labute approximate surface area is 168 Å². The number of hydrogen-bond acceptors (Lipinski definition) is 4. The number of hydrogen-bond donors (Lipinski definition) is 0. The molecule has 0 heterocycles. The van der Waals surface area contributed by atoms with Crippen molar-refractivity contribution in [1.29, 1.82) is 0 Å². The molecule has 0 amide bonds. The number of esters is 1. The van der Waals surface area contributed by atoms with Crippen molar-refractivity contribution in [2.24, 2.45) is 0 Å². The van der Waals surface area contributed by atoms with Gasteiger partial charge < -0.3 is 14.2 Å². The summed E-state index contributed by atoms with van der Waals surface area (Å²) in [6, 6.07) is 12.1. The van der Waals surface area contributed by atoms with E-state index in [2.05, 4.69) is 4.74 Å². The first-order chi connectivity index (χ1) is 13.7. The van der Waals surface area contributed by atoms with E-state index < -0.39 is 11.7 Å². The summed E-state index contributed by atoms with van der Waals surface area (Å²) in [5, 5.41) is 0. The Morgan fingerprint density at radius 3 is 2.10 bits per heavy atom. The molecule has 2 aromatic carbocycles. The molecule has 4 nitrogen and oxygen atoms in total. The topological polar surface area (TPSA) is 44.8 Å². The third-order valence-corrected chi connectivity index (χ3v) is 4.46. The van der Waals surface area contributed by atoms with Crippen LogP contribution in [0.1, 0.15) is 43.7 Å². The van der Waals surface area contributed by atoms with Crippen LogP contribution in [-0.2, 0) is 15.7 Å². The maximum atomic E-state index is 12.6. The second-order valence-corrected chi connectivity index (χ2v) is 6.84. The Balaban J connectivity index is 1.77. The van der Waals surface area contributed by atoms with E-state index in [1.807, 2.05) is 38.1 Å². The Kier molecular flexibility index (Phi) is 7.93. The van der Waals surface area contributed by atoms with Gasteiger partial charge >= 0.3 is 12.1 Å². The third-order valence-electron chi connectivity index (χ3n) is 4.46. The maximum absolute atomic E-state index is 12.6. The highest BCUT2D eigenvalue weighted by Crippen LogP contribution is 2.30. The highest BCUT2D eigenvalue weighted by molar-refractivity contribution is 5.70. The molecule has 0 spiro atoms. The molecule has 0 bridgehead atoms. The van der Waals surface area contributed by atoms with Gasteiger partial charge in [-0.3, -0.25) is 4.79 Å². The molecule has 158 valence electrons. The monoisotopic (exact) mass is 410 g/mol. The highest BCUT2D eigenvalue weighted by atomic mass is 19.4. The van der Waals surface area contributed by atoms with Gasteiger partial charge in [0.15, 0.2) is 0 Å². The molecular weight excluding hydrogens is 385 g/mol. The molecule has 2 atom stereocenters. The van der Waals surface area contributed by atoms with Crippen LogP contribution in [0.4, 0.5) is 13.2 Å². The minimum atomic E-state index is -4.36. The second kappa shape index (κ2) is 10.2. The molecule has 0 saturated carbocycles. The first-order valence-electron chi connectivity index (χ1n) is 9.32. The zero-order valence-electron chi connectivity index (χ0n) is 16.7. The molecule has 0 radical (unpaired) electrons. The molecule has 2 rings (SSSR count). The lowest BCUT2D eigenvalue weighted by atomic mass is 9.98. The van der Waals surface area contributed by atoms with Gasteiger partial charge in [0.25, 0.3) is 0 Å². The summed E-state index contributed by atoms with van der Waals surface area (Å²) < 4.78 is 53.7. The number of rotatable bonds is 9. The summed E-state index contributed by atoms with van der Waals surface area (Å²) in [7, 11) is 1.37. The number of ether oxygens (including phenoxy) is 3. The quantitative estimate of drug-likeness (QED) is 0.504. The van der Waals surface area contributed by atoms with E-state index in [1.165, 1.54) is 19.2 Å². The summed E-state index contributed by atoms with van der Waals surface area (Å²) in [5.74, 6) is 0.878. The van der Waals surface area contributed by atoms with Crippen molar-refractivity contribution in [3.8, 4) is 11.5 Å². The van der Waals surface area contributed by atoms with Crippen LogP contribution in [-0.4, -0.2) is 25.8 Å². The molecular formula is C22H25F3O4. The fourth-order valence-electron chi connectivity index (χ4n) is 2.70. The van der Waals surface area contributed by atoms with E-state index in [9.17, 15) is 18.0 Å². The molecule has 7 heteroatoms. The van der Waals surface area contributed by atoms with E-state index in [1.54, 1.807) is 0 Å². The first-order valence-corrected chi connectivity index (χ1v) is 9.32. The van der Waals surface area contributed by atoms with Gasteiger partial charge in [0.2, 0.25) is 0 Å². The highest BCUT2D eigenvalue weighted by Gasteiger charge is 2.30. The van der Waals surface area contributed by atoms with Gasteiger partial charge in [-0.1, -0.05) is 19.1 Å². The molecule has 0 N–H and O–H groups in total. The molecule has 0 aliphatic carbocycles. The van der Waals surface area contributed by atoms with Crippen molar-refractivity contribution in [2.75, 3.05) is 13.7 Å². The Morgan fingerprint density at radius 2 is 1.55 bits per heavy atom. The first kappa shape index (κ1) is 22.6. The van der Waals surface area contributed by atoms with Crippen LogP contribution in [0.5, 0.6) is 11.5 Å². The number of methoxy groups -OCH3 is 1. The predicted octanol–water partition coefficient (Wildman–Crippen LogP) is 5.61. The second-order valence-electron chi connectivity index (χ2n) is 6.84. The Hall–Kier alpha value is -2.70. The molecule has 0 saturated heterocycles. The lowest BCUT2D eigenvalue weighted by Gasteiger charge is -2.16. The molecule has 0 aromatic heterocycles. The van der Waals surface area contributed by atoms with Gasteiger partial charge in [-0.05, 0) is 54.8 Å². The zero-order chi connectivity index (χ0) is 21.4. The van der Waals surface area contributed by atoms with E-state index in [0.29, 0.717) is 30.9 Å². The number of carbonyl (C=O) groups is 1. The van der Waals surface area contributed by atoms with Crippen molar-refractivity contribution in [2.45, 2.75) is 44.9 Å². The van der Waals surface area contributed by atoms with Crippen LogP contribution in [0.2, 0.25) is 0 Å². The summed E-state index contributed by atoms with van der Waals surface area (Å²) in [4.78, 5) is 11.4. The Morgan fingerprint density at radius 1 is 0.966 bits per heavy atom. The summed E-state index contributed by atoms with van der Waals surface area (Å²) in [6.07, 6.45) is -3.69. The fourth-order valence-corrected chi connectivity index (χ4v) is 2.70. The van der Waals surface area contributed by atoms with Crippen molar-refractivity contribution in [1.82, 2.24) is 0 Å². The van der Waals surface area contributed by atoms with E-state index in [-0.39, 0.29) is 18.0 Å². The zero-order valence-corrected chi connectivity index (χ0v) is 16.7. The van der Waals surface area contributed by atoms with Crippen molar-refractivity contribution < 1.29 is 32.2 Å². The molecule has 0 aliphatic rings. The van der Waals surface area contributed by atoms with E-state index >= 15 is 0 Å². The number of alkyl halides is 3. The summed E-state index contributed by atoms with van der Waals surface area (Å²) >= 11 is 0. The molecule has 0 aliphatic heterocycles. The number of carbonyl (C=O) groups excluding carboxylic acids is 1. The predicted molar refractivity (Wildman–Crippen MR) is 103 cm³/mol. The molecule has 29 heavy (non-hydrogen) atoms. The van der Waals surface area contributed by atoms with Crippen molar-refractivity contribution in [3.05, 3.63) is 59.7 Å². The lowest BCUT2D eigenvalue weighted by molar-refractivity contribution is -0.141. The van der Waals surface area contributed by atoms with Crippen LogP contribution >= 0.6 is 0 Å². The molecule has 2 unspecified atom stereocenters. The largest absolute Gasteiger partial charge is 0.493 e. The van der Waals surface area contributed by atoms with Crippen LogP contribution in [0.15, 0.2) is 48.5 Å². The lowest BCUT2D eigenvalue weighted by Crippen LogP contribution is -2.16. The van der Waals surface area contributed by atoms with Gasteiger partial charge in [0.05, 0.1) is 31.8 Å². The Bertz CT molecular complexity index is 770. The standard InChI is InChI=1S/C22H25F3O4/c1-15(14-21(26)27-3)17-4-8-19(9-5-17)28-13-12-16(2)29-20-10-6-18(7-11-20)22(23,24)25/h4-11,15-16H,12-14H2,1-3H3. The summed E-state index contributed by atoms with van der Waals surface area (Å²) in [6.45, 7) is 4.19.